The van der Waals surface area contributed by atoms with E-state index in [9.17, 15) is 74.7 Å². The van der Waals surface area contributed by atoms with Crippen LogP contribution in [0.1, 0.15) is 127 Å². The molecule has 496 valence electrons. The van der Waals surface area contributed by atoms with Gasteiger partial charge in [-0.15, -0.1) is 0 Å². The lowest BCUT2D eigenvalue weighted by Crippen LogP contribution is -2.64. The minimum atomic E-state index is -1.44. The number of carbonyl (C=O) groups excluding carboxylic acids is 6. The van der Waals surface area contributed by atoms with E-state index in [0.29, 0.717) is 38.9 Å². The Bertz CT molecular complexity index is 1880. The first-order valence-electron chi connectivity index (χ1n) is 30.0. The Morgan fingerprint density at radius 1 is 0.529 bits per heavy atom. The van der Waals surface area contributed by atoms with Crippen LogP contribution in [-0.4, -0.2) is 246 Å². The Morgan fingerprint density at radius 3 is 1.21 bits per heavy atom. The SMILES string of the molecule is CNC(CCC(=O)NCC(C)CC(C)COC1OC(CO)C(O)C(O)[C@@H]1NC(C)=O)(CCC(=O)NCC(C)CC(C)COC1OC(CO)C(O)C(O)[C@@H]1NC(C)=O)CCC(=O)NCC(C)CC(C)COC(OC(CO)[C@@H](C)O)[C@H](CO)NC(C)=O. The van der Waals surface area contributed by atoms with E-state index < -0.39 is 136 Å². The fourth-order valence-electron chi connectivity index (χ4n) is 10.6. The van der Waals surface area contributed by atoms with Crippen molar-refractivity contribution >= 4 is 35.4 Å². The zero-order valence-electron chi connectivity index (χ0n) is 51.9. The monoisotopic (exact) mass is 1230 g/mol. The van der Waals surface area contributed by atoms with Gasteiger partial charge in [-0.3, -0.25) is 28.8 Å². The Balaban J connectivity index is 2.09. The third-order valence-electron chi connectivity index (χ3n) is 15.5. The molecule has 2 saturated heterocycles. The van der Waals surface area contributed by atoms with Crippen molar-refractivity contribution in [1.29, 1.82) is 0 Å². The minimum Gasteiger partial charge on any atom is -0.394 e. The predicted molar refractivity (Wildman–Crippen MR) is 308 cm³/mol. The number of rotatable bonds is 42. The van der Waals surface area contributed by atoms with Gasteiger partial charge in [0.25, 0.3) is 0 Å². The fourth-order valence-corrected chi connectivity index (χ4v) is 10.6. The van der Waals surface area contributed by atoms with E-state index in [1.165, 1.54) is 27.7 Å². The third-order valence-corrected chi connectivity index (χ3v) is 15.5. The maximum absolute atomic E-state index is 13.5. The van der Waals surface area contributed by atoms with Crippen molar-refractivity contribution in [1.82, 2.24) is 37.2 Å². The summed E-state index contributed by atoms with van der Waals surface area (Å²) in [6, 6.07) is -3.13. The summed E-state index contributed by atoms with van der Waals surface area (Å²) >= 11 is 0. The van der Waals surface area contributed by atoms with Crippen molar-refractivity contribution in [3.05, 3.63) is 0 Å². The molecule has 0 saturated carbocycles. The Kier molecular flexibility index (Phi) is 36.3. The molecule has 0 bridgehead atoms. The summed E-state index contributed by atoms with van der Waals surface area (Å²) in [4.78, 5) is 76.1. The second-order valence-electron chi connectivity index (χ2n) is 24.1. The second kappa shape index (κ2) is 39.9. The molecule has 0 aromatic heterocycles. The average molecular weight is 1230 g/mol. The summed E-state index contributed by atoms with van der Waals surface area (Å²) in [5.74, 6) is -2.42. The van der Waals surface area contributed by atoms with Gasteiger partial charge in [-0.25, -0.2) is 0 Å². The molecular weight excluding hydrogens is 1120 g/mol. The lowest BCUT2D eigenvalue weighted by atomic mass is 9.83. The van der Waals surface area contributed by atoms with Gasteiger partial charge in [0.2, 0.25) is 35.4 Å². The molecule has 2 fully saturated rings. The van der Waals surface area contributed by atoms with Crippen LogP contribution in [0.25, 0.3) is 0 Å². The van der Waals surface area contributed by atoms with Crippen LogP contribution in [0, 0.1) is 35.5 Å². The lowest BCUT2D eigenvalue weighted by molar-refractivity contribution is -0.272. The van der Waals surface area contributed by atoms with Gasteiger partial charge < -0.3 is 112 Å². The summed E-state index contributed by atoms with van der Waals surface area (Å²) in [6.45, 7) is 16.0. The largest absolute Gasteiger partial charge is 0.394 e. The minimum absolute atomic E-state index is 0.0206. The van der Waals surface area contributed by atoms with Crippen LogP contribution in [-0.2, 0) is 57.2 Å². The van der Waals surface area contributed by atoms with Gasteiger partial charge in [0.05, 0.1) is 52.4 Å². The second-order valence-corrected chi connectivity index (χ2v) is 24.1. The molecule has 28 nitrogen and oxygen atoms in total. The van der Waals surface area contributed by atoms with Crippen molar-refractivity contribution in [2.75, 3.05) is 72.9 Å². The molecule has 16 unspecified atom stereocenters. The molecule has 0 spiro atoms. The molecule has 0 radical (unpaired) electrons. The van der Waals surface area contributed by atoms with Crippen LogP contribution in [0.5, 0.6) is 0 Å². The van der Waals surface area contributed by atoms with Gasteiger partial charge in [-0.05, 0) is 88.0 Å². The highest BCUT2D eigenvalue weighted by Crippen LogP contribution is 2.28. The maximum atomic E-state index is 13.5. The number of aliphatic hydroxyl groups excluding tert-OH is 9. The van der Waals surface area contributed by atoms with Gasteiger partial charge in [0.1, 0.15) is 60.9 Å². The predicted octanol–water partition coefficient (Wildman–Crippen LogP) is -2.86. The molecule has 2 aliphatic rings. The highest BCUT2D eigenvalue weighted by Gasteiger charge is 2.47. The third kappa shape index (κ3) is 28.5. The van der Waals surface area contributed by atoms with Crippen molar-refractivity contribution in [2.45, 2.75) is 218 Å². The van der Waals surface area contributed by atoms with E-state index in [1.54, 1.807) is 7.05 Å². The maximum Gasteiger partial charge on any atom is 0.220 e. The van der Waals surface area contributed by atoms with Gasteiger partial charge in [-0.1, -0.05) is 41.5 Å². The molecule has 0 aliphatic carbocycles. The van der Waals surface area contributed by atoms with Crippen LogP contribution in [0.4, 0.5) is 0 Å². The molecule has 20 atom stereocenters. The van der Waals surface area contributed by atoms with E-state index >= 15 is 0 Å². The van der Waals surface area contributed by atoms with Crippen LogP contribution in [0.3, 0.4) is 0 Å². The topological polar surface area (TPSA) is 424 Å². The van der Waals surface area contributed by atoms with Crippen molar-refractivity contribution in [2.24, 2.45) is 35.5 Å². The zero-order valence-corrected chi connectivity index (χ0v) is 51.9. The van der Waals surface area contributed by atoms with Crippen molar-refractivity contribution in [3.8, 4) is 0 Å². The number of aliphatic hydroxyl groups is 9. The van der Waals surface area contributed by atoms with E-state index in [4.69, 9.17) is 28.4 Å². The summed E-state index contributed by atoms with van der Waals surface area (Å²) in [5, 5.41) is 111. The van der Waals surface area contributed by atoms with Crippen molar-refractivity contribution in [3.63, 3.8) is 0 Å². The first kappa shape index (κ1) is 77.3. The fraction of sp³-hybridized carbons (Fsp3) is 0.895. The van der Waals surface area contributed by atoms with Crippen LogP contribution >= 0.6 is 0 Å². The van der Waals surface area contributed by atoms with Gasteiger partial charge in [0.15, 0.2) is 18.9 Å². The standard InChI is InChI=1S/C57H107N7O21/c1-31(18-34(4)28-80-54(41(24-65)62-38(8)70)83-42(25-66)37(7)69)21-59-45(73)12-15-57(58-11,16-13-46(74)60-22-32(2)19-35(5)29-81-55-48(63-39(9)71)52(78)50(76)43(26-67)84-55)17-14-47(75)61-23-33(3)20-36(6)30-82-56-49(64-40(10)72)53(79)51(77)44(27-68)85-56/h31-37,41-44,48-56,58,65-69,76-79H,12-30H2,1-11H3,(H,59,73)(H,60,74)(H,61,75)(H,62,70)(H,63,71)(H,64,72)/t31?,32?,33?,34?,35?,36?,37-,41+,42?,43?,44?,48+,49+,50?,51?,52?,53?,54?,55?,56?,57?/m1/s1. The molecule has 0 aromatic rings. The number of amides is 6. The summed E-state index contributed by atoms with van der Waals surface area (Å²) in [5.41, 5.74) is -0.826. The summed E-state index contributed by atoms with van der Waals surface area (Å²) in [6.07, 6.45) is -10.7. The van der Waals surface area contributed by atoms with Gasteiger partial charge in [0, 0.05) is 65.2 Å². The van der Waals surface area contributed by atoms with E-state index in [2.05, 4.69) is 37.2 Å². The molecule has 0 aromatic carbocycles. The highest BCUT2D eigenvalue weighted by atomic mass is 16.7. The molecule has 2 aliphatic heterocycles. The Morgan fingerprint density at radius 2 is 0.906 bits per heavy atom. The average Bonchev–Trinajstić information content (AvgIpc) is 2.34. The first-order valence-corrected chi connectivity index (χ1v) is 30.0. The quantitative estimate of drug-likeness (QED) is 0.0273. The summed E-state index contributed by atoms with van der Waals surface area (Å²) in [7, 11) is 1.73. The number of carbonyl (C=O) groups is 6. The molecular formula is C57H107N7O21. The smallest absolute Gasteiger partial charge is 0.220 e. The van der Waals surface area contributed by atoms with Crippen LogP contribution in [0.15, 0.2) is 0 Å². The number of ether oxygens (including phenoxy) is 6. The van der Waals surface area contributed by atoms with E-state index in [-0.39, 0.29) is 112 Å². The van der Waals surface area contributed by atoms with Gasteiger partial charge >= 0.3 is 0 Å². The van der Waals surface area contributed by atoms with Gasteiger partial charge in [-0.2, -0.15) is 0 Å². The lowest BCUT2D eigenvalue weighted by Gasteiger charge is -2.42. The van der Waals surface area contributed by atoms with E-state index in [0.717, 1.165) is 0 Å². The molecule has 6 amide bonds. The van der Waals surface area contributed by atoms with Crippen LogP contribution in [0.2, 0.25) is 0 Å². The van der Waals surface area contributed by atoms with E-state index in [1.807, 2.05) is 41.5 Å². The molecule has 2 heterocycles. The van der Waals surface area contributed by atoms with Crippen molar-refractivity contribution < 1.29 is 103 Å². The normalized spacial score (nSPS) is 26.8. The first-order chi connectivity index (χ1) is 40.0. The molecule has 16 N–H and O–H groups in total. The van der Waals surface area contributed by atoms with Crippen LogP contribution < -0.4 is 37.2 Å². The molecule has 85 heavy (non-hydrogen) atoms. The summed E-state index contributed by atoms with van der Waals surface area (Å²) < 4.78 is 35.0. The number of hydrogen-bond acceptors (Lipinski definition) is 22. The number of nitrogens with one attached hydrogen (secondary N) is 7. The highest BCUT2D eigenvalue weighted by molar-refractivity contribution is 5.78. The Hall–Kier alpha value is -3.82. The Labute approximate surface area is 501 Å². The zero-order chi connectivity index (χ0) is 64.1. The molecule has 2 rings (SSSR count). The number of hydrogen-bond donors (Lipinski definition) is 16. The molecule has 28 heteroatoms.